The van der Waals surface area contributed by atoms with Gasteiger partial charge in [-0.25, -0.2) is 0 Å². The number of nitrogens with one attached hydrogen (secondary N) is 2. The number of amides is 1. The number of carbonyl (C=O) groups is 1. The maximum Gasteiger partial charge on any atom is 0.221 e. The van der Waals surface area contributed by atoms with Crippen molar-refractivity contribution in [2.75, 3.05) is 23.8 Å². The Hall–Kier alpha value is -1.59. The van der Waals surface area contributed by atoms with E-state index in [4.69, 9.17) is 9.47 Å². The third-order valence-corrected chi connectivity index (χ3v) is 3.17. The first kappa shape index (κ1) is 14.8. The van der Waals surface area contributed by atoms with Crippen LogP contribution >= 0.6 is 0 Å². The van der Waals surface area contributed by atoms with Gasteiger partial charge in [0.05, 0.1) is 19.3 Å². The summed E-state index contributed by atoms with van der Waals surface area (Å²) in [6.45, 7) is 8.52. The van der Waals surface area contributed by atoms with E-state index in [0.29, 0.717) is 13.2 Å². The van der Waals surface area contributed by atoms with Gasteiger partial charge in [0.15, 0.2) is 5.79 Å². The maximum absolute atomic E-state index is 11.1. The van der Waals surface area contributed by atoms with Crippen molar-refractivity contribution < 1.29 is 14.3 Å². The fourth-order valence-electron chi connectivity index (χ4n) is 2.09. The standard InChI is InChI=1S/C15H22N2O3/c1-10-7-12(5-6-14(10)16-11(2)18)17-13-8-19-15(3,4)20-9-13/h5-7,13,17H,8-9H2,1-4H3,(H,16,18). The normalized spacial score (nSPS) is 18.6. The van der Waals surface area contributed by atoms with Gasteiger partial charge in [0.1, 0.15) is 0 Å². The van der Waals surface area contributed by atoms with Crippen LogP contribution in [0.1, 0.15) is 26.3 Å². The fraction of sp³-hybridized carbons (Fsp3) is 0.533. The number of aryl methyl sites for hydroxylation is 1. The fourth-order valence-corrected chi connectivity index (χ4v) is 2.09. The molecular formula is C15H22N2O3. The zero-order valence-corrected chi connectivity index (χ0v) is 12.4. The second-order valence-electron chi connectivity index (χ2n) is 5.57. The number of benzene rings is 1. The third-order valence-electron chi connectivity index (χ3n) is 3.17. The zero-order valence-electron chi connectivity index (χ0n) is 12.4. The number of hydrogen-bond donors (Lipinski definition) is 2. The Kier molecular flexibility index (Phi) is 4.30. The van der Waals surface area contributed by atoms with Gasteiger partial charge >= 0.3 is 0 Å². The summed E-state index contributed by atoms with van der Waals surface area (Å²) in [5.41, 5.74) is 2.84. The predicted molar refractivity (Wildman–Crippen MR) is 78.9 cm³/mol. The summed E-state index contributed by atoms with van der Waals surface area (Å²) in [6.07, 6.45) is 0. The molecule has 1 aliphatic heterocycles. The highest BCUT2D eigenvalue weighted by Gasteiger charge is 2.28. The molecule has 1 fully saturated rings. The second-order valence-corrected chi connectivity index (χ2v) is 5.57. The lowest BCUT2D eigenvalue weighted by atomic mass is 10.1. The zero-order chi connectivity index (χ0) is 14.8. The van der Waals surface area contributed by atoms with E-state index in [0.717, 1.165) is 16.9 Å². The molecule has 1 aromatic carbocycles. The van der Waals surface area contributed by atoms with Crippen molar-refractivity contribution in [3.8, 4) is 0 Å². The summed E-state index contributed by atoms with van der Waals surface area (Å²) in [6, 6.07) is 5.98. The molecule has 1 heterocycles. The molecule has 20 heavy (non-hydrogen) atoms. The highest BCUT2D eigenvalue weighted by Crippen LogP contribution is 2.23. The van der Waals surface area contributed by atoms with E-state index >= 15 is 0 Å². The largest absolute Gasteiger partial charge is 0.378 e. The molecular weight excluding hydrogens is 256 g/mol. The Labute approximate surface area is 119 Å². The van der Waals surface area contributed by atoms with Gasteiger partial charge in [0.25, 0.3) is 0 Å². The quantitative estimate of drug-likeness (QED) is 0.892. The van der Waals surface area contributed by atoms with E-state index in [9.17, 15) is 4.79 Å². The van der Waals surface area contributed by atoms with Crippen molar-refractivity contribution in [3.63, 3.8) is 0 Å². The summed E-state index contributed by atoms with van der Waals surface area (Å²) in [7, 11) is 0. The second kappa shape index (κ2) is 5.81. The minimum absolute atomic E-state index is 0.0647. The molecule has 5 heteroatoms. The molecule has 2 rings (SSSR count). The molecule has 1 amide bonds. The van der Waals surface area contributed by atoms with Crippen LogP contribution in [0.4, 0.5) is 11.4 Å². The molecule has 2 N–H and O–H groups in total. The van der Waals surface area contributed by atoms with Gasteiger partial charge in [-0.05, 0) is 44.5 Å². The Morgan fingerprint density at radius 1 is 1.30 bits per heavy atom. The molecule has 0 aliphatic carbocycles. The molecule has 1 saturated heterocycles. The van der Waals surface area contributed by atoms with E-state index in [2.05, 4.69) is 10.6 Å². The molecule has 0 saturated carbocycles. The van der Waals surface area contributed by atoms with Crippen LogP contribution in [0.25, 0.3) is 0 Å². The third kappa shape index (κ3) is 3.95. The SMILES string of the molecule is CC(=O)Nc1ccc(NC2COC(C)(C)OC2)cc1C. The lowest BCUT2D eigenvalue weighted by Gasteiger charge is -2.35. The number of ether oxygens (including phenoxy) is 2. The van der Waals surface area contributed by atoms with Gasteiger partial charge in [-0.15, -0.1) is 0 Å². The topological polar surface area (TPSA) is 59.6 Å². The lowest BCUT2D eigenvalue weighted by Crippen LogP contribution is -2.45. The van der Waals surface area contributed by atoms with Crippen LogP contribution in [-0.2, 0) is 14.3 Å². The number of rotatable bonds is 3. The molecule has 110 valence electrons. The van der Waals surface area contributed by atoms with Crippen molar-refractivity contribution >= 4 is 17.3 Å². The minimum Gasteiger partial charge on any atom is -0.378 e. The van der Waals surface area contributed by atoms with Crippen LogP contribution < -0.4 is 10.6 Å². The van der Waals surface area contributed by atoms with Gasteiger partial charge < -0.3 is 20.1 Å². The van der Waals surface area contributed by atoms with Gasteiger partial charge in [-0.1, -0.05) is 0 Å². The Morgan fingerprint density at radius 2 is 1.95 bits per heavy atom. The van der Waals surface area contributed by atoms with Crippen molar-refractivity contribution in [2.45, 2.75) is 39.5 Å². The van der Waals surface area contributed by atoms with E-state index in [1.165, 1.54) is 6.92 Å². The van der Waals surface area contributed by atoms with Crippen LogP contribution in [0.5, 0.6) is 0 Å². The molecule has 1 aliphatic rings. The van der Waals surface area contributed by atoms with Crippen LogP contribution in [0.15, 0.2) is 18.2 Å². The van der Waals surface area contributed by atoms with E-state index in [-0.39, 0.29) is 11.9 Å². The number of carbonyl (C=O) groups excluding carboxylic acids is 1. The summed E-state index contributed by atoms with van der Waals surface area (Å²) in [5, 5.41) is 6.18. The Balaban J connectivity index is 1.97. The Morgan fingerprint density at radius 3 is 2.50 bits per heavy atom. The van der Waals surface area contributed by atoms with Crippen molar-refractivity contribution in [1.29, 1.82) is 0 Å². The highest BCUT2D eigenvalue weighted by molar-refractivity contribution is 5.89. The van der Waals surface area contributed by atoms with Gasteiger partial charge in [0.2, 0.25) is 5.91 Å². The van der Waals surface area contributed by atoms with Crippen LogP contribution in [0, 0.1) is 6.92 Å². The van der Waals surface area contributed by atoms with Gasteiger partial charge in [-0.2, -0.15) is 0 Å². The smallest absolute Gasteiger partial charge is 0.221 e. The maximum atomic E-state index is 11.1. The van der Waals surface area contributed by atoms with E-state index < -0.39 is 5.79 Å². The molecule has 0 atom stereocenters. The van der Waals surface area contributed by atoms with E-state index in [1.54, 1.807) is 0 Å². The first-order chi connectivity index (χ1) is 9.35. The Bertz CT molecular complexity index is 490. The molecule has 0 radical (unpaired) electrons. The first-order valence-electron chi connectivity index (χ1n) is 6.78. The molecule has 5 nitrogen and oxygen atoms in total. The van der Waals surface area contributed by atoms with Crippen molar-refractivity contribution in [1.82, 2.24) is 0 Å². The predicted octanol–water partition coefficient (Wildman–Crippen LogP) is 2.52. The average molecular weight is 278 g/mol. The van der Waals surface area contributed by atoms with Crippen LogP contribution in [-0.4, -0.2) is 30.9 Å². The average Bonchev–Trinajstić information content (AvgIpc) is 2.35. The van der Waals surface area contributed by atoms with Crippen molar-refractivity contribution in [2.24, 2.45) is 0 Å². The van der Waals surface area contributed by atoms with Crippen LogP contribution in [0.3, 0.4) is 0 Å². The minimum atomic E-state index is -0.497. The summed E-state index contributed by atoms with van der Waals surface area (Å²) in [4.78, 5) is 11.1. The molecule has 0 unspecified atom stereocenters. The molecule has 0 bridgehead atoms. The summed E-state index contributed by atoms with van der Waals surface area (Å²) < 4.78 is 11.2. The van der Waals surface area contributed by atoms with Crippen LogP contribution in [0.2, 0.25) is 0 Å². The number of anilines is 2. The van der Waals surface area contributed by atoms with E-state index in [1.807, 2.05) is 39.0 Å². The van der Waals surface area contributed by atoms with Gasteiger partial charge in [0, 0.05) is 18.3 Å². The molecule has 0 spiro atoms. The number of hydrogen-bond acceptors (Lipinski definition) is 4. The molecule has 1 aromatic rings. The summed E-state index contributed by atoms with van der Waals surface area (Å²) in [5.74, 6) is -0.561. The first-order valence-corrected chi connectivity index (χ1v) is 6.78. The van der Waals surface area contributed by atoms with Gasteiger partial charge in [-0.3, -0.25) is 4.79 Å². The van der Waals surface area contributed by atoms with Crippen molar-refractivity contribution in [3.05, 3.63) is 23.8 Å². The monoisotopic (exact) mass is 278 g/mol. The lowest BCUT2D eigenvalue weighted by molar-refractivity contribution is -0.247. The molecule has 0 aromatic heterocycles. The summed E-state index contributed by atoms with van der Waals surface area (Å²) >= 11 is 0. The highest BCUT2D eigenvalue weighted by atomic mass is 16.7.